The van der Waals surface area contributed by atoms with E-state index in [1.54, 1.807) is 0 Å². The molecule has 0 aliphatic rings. The SMILES string of the molecule is CCCCCCCCC(=O)NC[N+](CC)(CC)CC. The van der Waals surface area contributed by atoms with Crippen molar-refractivity contribution in [3.63, 3.8) is 0 Å². The summed E-state index contributed by atoms with van der Waals surface area (Å²) in [6.07, 6.45) is 8.15. The molecule has 0 aromatic heterocycles. The number of unbranched alkanes of at least 4 members (excludes halogenated alkanes) is 5. The third-order valence-corrected chi connectivity index (χ3v) is 4.38. The first-order chi connectivity index (χ1) is 9.14. The Labute approximate surface area is 120 Å². The minimum absolute atomic E-state index is 0.230. The van der Waals surface area contributed by atoms with Crippen molar-refractivity contribution in [1.29, 1.82) is 0 Å². The summed E-state index contributed by atoms with van der Waals surface area (Å²) in [5, 5.41) is 3.11. The normalized spacial score (nSPS) is 11.6. The zero-order valence-corrected chi connectivity index (χ0v) is 13.6. The van der Waals surface area contributed by atoms with E-state index in [0.29, 0.717) is 6.42 Å². The van der Waals surface area contributed by atoms with Crippen molar-refractivity contribution < 1.29 is 9.28 Å². The van der Waals surface area contributed by atoms with Crippen LogP contribution in [0.5, 0.6) is 0 Å². The number of carbonyl (C=O) groups excluding carboxylic acids is 1. The minimum atomic E-state index is 0.230. The molecule has 1 N–H and O–H groups in total. The maximum atomic E-state index is 11.8. The van der Waals surface area contributed by atoms with Crippen LogP contribution >= 0.6 is 0 Å². The lowest BCUT2D eigenvalue weighted by Gasteiger charge is -2.35. The van der Waals surface area contributed by atoms with Gasteiger partial charge in [0.15, 0.2) is 6.67 Å². The molecule has 3 nitrogen and oxygen atoms in total. The molecule has 0 radical (unpaired) electrons. The molecule has 0 aromatic rings. The van der Waals surface area contributed by atoms with Gasteiger partial charge in [-0.25, -0.2) is 0 Å². The second-order valence-corrected chi connectivity index (χ2v) is 5.57. The van der Waals surface area contributed by atoms with Crippen LogP contribution < -0.4 is 5.32 Å². The van der Waals surface area contributed by atoms with E-state index in [4.69, 9.17) is 0 Å². The van der Waals surface area contributed by atoms with Crippen molar-refractivity contribution >= 4 is 5.91 Å². The molecule has 0 aliphatic carbocycles. The van der Waals surface area contributed by atoms with Crippen molar-refractivity contribution in [2.45, 2.75) is 72.6 Å². The van der Waals surface area contributed by atoms with Gasteiger partial charge in [-0.05, 0) is 27.2 Å². The molecule has 3 heteroatoms. The van der Waals surface area contributed by atoms with Crippen LogP contribution in [0.1, 0.15) is 72.6 Å². The monoisotopic (exact) mass is 271 g/mol. The molecule has 0 saturated carbocycles. The predicted octanol–water partition coefficient (Wildman–Crippen LogP) is 3.69. The summed E-state index contributed by atoms with van der Waals surface area (Å²) in [4.78, 5) is 11.8. The number of nitrogens with zero attached hydrogens (tertiary/aromatic N) is 1. The topological polar surface area (TPSA) is 29.1 Å². The summed E-state index contributed by atoms with van der Waals surface area (Å²) < 4.78 is 0.988. The van der Waals surface area contributed by atoms with Gasteiger partial charge in [-0.15, -0.1) is 0 Å². The van der Waals surface area contributed by atoms with Crippen molar-refractivity contribution in [2.75, 3.05) is 26.3 Å². The van der Waals surface area contributed by atoms with E-state index in [9.17, 15) is 4.79 Å². The molecule has 0 spiro atoms. The Morgan fingerprint density at radius 1 is 0.842 bits per heavy atom. The molecule has 114 valence electrons. The number of amides is 1. The third kappa shape index (κ3) is 8.25. The fourth-order valence-corrected chi connectivity index (χ4v) is 2.42. The first-order valence-corrected chi connectivity index (χ1v) is 8.25. The lowest BCUT2D eigenvalue weighted by molar-refractivity contribution is -0.924. The molecule has 0 aliphatic heterocycles. The maximum absolute atomic E-state index is 11.8. The predicted molar refractivity (Wildman–Crippen MR) is 82.9 cm³/mol. The largest absolute Gasteiger partial charge is 0.309 e. The Morgan fingerprint density at radius 2 is 1.37 bits per heavy atom. The summed E-state index contributed by atoms with van der Waals surface area (Å²) in [6.45, 7) is 12.9. The van der Waals surface area contributed by atoms with Gasteiger partial charge in [0.2, 0.25) is 5.91 Å². The average Bonchev–Trinajstić information content (AvgIpc) is 2.45. The summed E-state index contributed by atoms with van der Waals surface area (Å²) in [5.74, 6) is 0.230. The van der Waals surface area contributed by atoms with Crippen LogP contribution in [-0.2, 0) is 4.79 Å². The van der Waals surface area contributed by atoms with Gasteiger partial charge in [0.05, 0.1) is 19.6 Å². The van der Waals surface area contributed by atoms with Crippen LogP contribution in [0.4, 0.5) is 0 Å². The van der Waals surface area contributed by atoms with E-state index in [-0.39, 0.29) is 5.91 Å². The highest BCUT2D eigenvalue weighted by Crippen LogP contribution is 2.07. The van der Waals surface area contributed by atoms with E-state index in [1.165, 1.54) is 32.1 Å². The van der Waals surface area contributed by atoms with Gasteiger partial charge in [0.25, 0.3) is 0 Å². The van der Waals surface area contributed by atoms with Gasteiger partial charge < -0.3 is 9.80 Å². The summed E-state index contributed by atoms with van der Waals surface area (Å²) in [7, 11) is 0. The van der Waals surface area contributed by atoms with Crippen LogP contribution in [0, 0.1) is 0 Å². The van der Waals surface area contributed by atoms with Gasteiger partial charge in [0.1, 0.15) is 0 Å². The standard InChI is InChI=1S/C16H34N2O/c1-5-9-10-11-12-13-14-16(19)17-15-18(6-2,7-3)8-4/h5-15H2,1-4H3/p+1. The Kier molecular flexibility index (Phi) is 10.9. The molecular weight excluding hydrogens is 236 g/mol. The number of hydrogen-bond donors (Lipinski definition) is 1. The average molecular weight is 271 g/mol. The molecule has 0 unspecified atom stereocenters. The van der Waals surface area contributed by atoms with Crippen LogP contribution in [0.25, 0.3) is 0 Å². The smallest absolute Gasteiger partial charge is 0.224 e. The van der Waals surface area contributed by atoms with E-state index < -0.39 is 0 Å². The third-order valence-electron chi connectivity index (χ3n) is 4.38. The number of nitrogens with one attached hydrogen (secondary N) is 1. The molecule has 0 heterocycles. The quantitative estimate of drug-likeness (QED) is 0.327. The number of quaternary nitrogens is 1. The van der Waals surface area contributed by atoms with Gasteiger partial charge in [-0.2, -0.15) is 0 Å². The van der Waals surface area contributed by atoms with Gasteiger partial charge in [-0.1, -0.05) is 39.0 Å². The van der Waals surface area contributed by atoms with Gasteiger partial charge >= 0.3 is 0 Å². The highest BCUT2D eigenvalue weighted by atomic mass is 16.1. The molecule has 0 aromatic carbocycles. The van der Waals surface area contributed by atoms with E-state index in [2.05, 4.69) is 33.0 Å². The molecule has 0 atom stereocenters. The number of carbonyl (C=O) groups is 1. The Morgan fingerprint density at radius 3 is 1.89 bits per heavy atom. The van der Waals surface area contributed by atoms with Crippen molar-refractivity contribution in [3.8, 4) is 0 Å². The minimum Gasteiger partial charge on any atom is -0.309 e. The maximum Gasteiger partial charge on any atom is 0.224 e. The van der Waals surface area contributed by atoms with E-state index >= 15 is 0 Å². The first-order valence-electron chi connectivity index (χ1n) is 8.25. The van der Waals surface area contributed by atoms with Gasteiger partial charge in [-0.3, -0.25) is 4.79 Å². The number of hydrogen-bond acceptors (Lipinski definition) is 1. The number of rotatable bonds is 12. The van der Waals surface area contributed by atoms with Crippen molar-refractivity contribution in [1.82, 2.24) is 5.32 Å². The van der Waals surface area contributed by atoms with Crippen molar-refractivity contribution in [3.05, 3.63) is 0 Å². The lowest BCUT2D eigenvalue weighted by atomic mass is 10.1. The molecule has 0 bridgehead atoms. The molecular formula is C16H35N2O+. The first kappa shape index (κ1) is 18.4. The second kappa shape index (κ2) is 11.3. The fraction of sp³-hybridized carbons (Fsp3) is 0.938. The molecule has 0 fully saturated rings. The lowest BCUT2D eigenvalue weighted by Crippen LogP contribution is -2.54. The second-order valence-electron chi connectivity index (χ2n) is 5.57. The van der Waals surface area contributed by atoms with Crippen LogP contribution in [0.3, 0.4) is 0 Å². The Hall–Kier alpha value is -0.570. The highest BCUT2D eigenvalue weighted by molar-refractivity contribution is 5.75. The summed E-state index contributed by atoms with van der Waals surface area (Å²) in [6, 6.07) is 0. The Balaban J connectivity index is 3.69. The Bertz CT molecular complexity index is 217. The zero-order valence-electron chi connectivity index (χ0n) is 13.6. The van der Waals surface area contributed by atoms with E-state index in [0.717, 1.165) is 37.2 Å². The summed E-state index contributed by atoms with van der Waals surface area (Å²) in [5.41, 5.74) is 0. The molecule has 1 amide bonds. The molecule has 19 heavy (non-hydrogen) atoms. The zero-order chi connectivity index (χ0) is 14.6. The van der Waals surface area contributed by atoms with Crippen LogP contribution in [0.15, 0.2) is 0 Å². The molecule has 0 rings (SSSR count). The van der Waals surface area contributed by atoms with Crippen LogP contribution in [-0.4, -0.2) is 36.7 Å². The highest BCUT2D eigenvalue weighted by Gasteiger charge is 2.20. The molecule has 0 saturated heterocycles. The van der Waals surface area contributed by atoms with Gasteiger partial charge in [0, 0.05) is 6.42 Å². The van der Waals surface area contributed by atoms with Crippen LogP contribution in [0.2, 0.25) is 0 Å². The summed E-state index contributed by atoms with van der Waals surface area (Å²) >= 11 is 0. The van der Waals surface area contributed by atoms with Crippen molar-refractivity contribution in [2.24, 2.45) is 0 Å². The van der Waals surface area contributed by atoms with E-state index in [1.807, 2.05) is 0 Å². The fourth-order valence-electron chi connectivity index (χ4n) is 2.42.